The van der Waals surface area contributed by atoms with E-state index < -0.39 is 64.9 Å². The molecule has 6 nitrogen and oxygen atoms in total. The fraction of sp³-hybridized carbons (Fsp3) is 0.571. The van der Waals surface area contributed by atoms with Crippen molar-refractivity contribution >= 4 is 12.0 Å². The second-order valence-corrected chi connectivity index (χ2v) is 11.9. The third kappa shape index (κ3) is 6.01. The Hall–Kier alpha value is -3.02. The average molecular weight is 574 g/mol. The lowest BCUT2D eigenvalue weighted by Crippen LogP contribution is -2.61. The van der Waals surface area contributed by atoms with Gasteiger partial charge < -0.3 is 15.4 Å². The van der Waals surface area contributed by atoms with Crippen molar-refractivity contribution in [2.24, 2.45) is 11.1 Å². The lowest BCUT2D eigenvalue weighted by atomic mass is 9.66. The van der Waals surface area contributed by atoms with Gasteiger partial charge in [-0.3, -0.25) is 9.69 Å². The number of hydrogen-bond donors (Lipinski definition) is 1. The van der Waals surface area contributed by atoms with E-state index in [1.54, 1.807) is 45.0 Å². The number of halogens is 6. The Labute approximate surface area is 228 Å². The lowest BCUT2D eigenvalue weighted by molar-refractivity contribution is -0.219. The summed E-state index contributed by atoms with van der Waals surface area (Å²) in [6.07, 6.45) is -11.4. The van der Waals surface area contributed by atoms with Crippen LogP contribution in [0, 0.1) is 5.41 Å². The number of carbonyl (C=O) groups is 2. The third-order valence-corrected chi connectivity index (χ3v) is 7.88. The van der Waals surface area contributed by atoms with Crippen LogP contribution >= 0.6 is 0 Å². The van der Waals surface area contributed by atoms with E-state index in [4.69, 9.17) is 10.5 Å². The first-order chi connectivity index (χ1) is 18.3. The molecule has 1 fully saturated rings. The second-order valence-electron chi connectivity index (χ2n) is 11.9. The Morgan fingerprint density at radius 3 is 1.93 bits per heavy atom. The highest BCUT2D eigenvalue weighted by molar-refractivity contribution is 5.93. The van der Waals surface area contributed by atoms with Crippen molar-refractivity contribution in [2.75, 3.05) is 26.2 Å². The van der Waals surface area contributed by atoms with E-state index in [1.807, 2.05) is 4.90 Å². The standard InChI is InChI=1S/C28H33F6N3O3/c1-24(2,3)40-23(39)36-8-10-37(11-9-36)26(14-18-6-4-5-7-19(18)15-26)17-25(28(32,33)34)13-20(22(35)38)12-21(16-25)27(29,30)31/h4-7,12,16H,8-11,13-15,17H2,1-3H3,(H2,35,38). The molecule has 0 bridgehead atoms. The molecule has 3 aliphatic rings. The van der Waals surface area contributed by atoms with E-state index >= 15 is 0 Å². The van der Waals surface area contributed by atoms with Crippen molar-refractivity contribution in [1.29, 1.82) is 0 Å². The van der Waals surface area contributed by atoms with Gasteiger partial charge in [0.2, 0.25) is 5.91 Å². The largest absolute Gasteiger partial charge is 0.444 e. The SMILES string of the molecule is CC(C)(C)OC(=O)N1CCN(C2(CC3(C(F)(F)F)C=C(C(F)(F)F)C=C(C(N)=O)C3)Cc3ccccc3C2)CC1. The van der Waals surface area contributed by atoms with Gasteiger partial charge in [0.1, 0.15) is 5.60 Å². The fourth-order valence-corrected chi connectivity index (χ4v) is 6.10. The average Bonchev–Trinajstić information content (AvgIpc) is 3.20. The fourth-order valence-electron chi connectivity index (χ4n) is 6.10. The summed E-state index contributed by atoms with van der Waals surface area (Å²) < 4.78 is 91.8. The number of nitrogens with zero attached hydrogens (tertiary/aromatic N) is 2. The summed E-state index contributed by atoms with van der Waals surface area (Å²) in [5.41, 5.74) is -0.298. The minimum Gasteiger partial charge on any atom is -0.444 e. The van der Waals surface area contributed by atoms with Crippen molar-refractivity contribution in [1.82, 2.24) is 9.80 Å². The Balaban J connectivity index is 1.73. The van der Waals surface area contributed by atoms with E-state index in [0.29, 0.717) is 6.08 Å². The van der Waals surface area contributed by atoms with Crippen LogP contribution in [0.25, 0.3) is 0 Å². The predicted octanol–water partition coefficient (Wildman–Crippen LogP) is 5.32. The number of ether oxygens (including phenoxy) is 1. The number of fused-ring (bicyclic) bond motifs is 1. The molecule has 4 rings (SSSR count). The van der Waals surface area contributed by atoms with Gasteiger partial charge in [0, 0.05) is 37.3 Å². The molecular formula is C28H33F6N3O3. The maximum Gasteiger partial charge on any atom is 0.416 e. The molecule has 0 radical (unpaired) electrons. The summed E-state index contributed by atoms with van der Waals surface area (Å²) in [4.78, 5) is 27.9. The number of hydrogen-bond acceptors (Lipinski definition) is 4. The number of alkyl halides is 6. The van der Waals surface area contributed by atoms with Crippen LogP contribution in [-0.2, 0) is 22.4 Å². The number of allylic oxidation sites excluding steroid dienone is 3. The molecule has 1 atom stereocenters. The molecule has 1 aromatic carbocycles. The van der Waals surface area contributed by atoms with E-state index in [0.717, 1.165) is 11.1 Å². The molecule has 220 valence electrons. The summed E-state index contributed by atoms with van der Waals surface area (Å²) in [6.45, 7) is 5.95. The van der Waals surface area contributed by atoms with Crippen LogP contribution < -0.4 is 5.73 Å². The minimum absolute atomic E-state index is 0.179. The Morgan fingerprint density at radius 1 is 0.925 bits per heavy atom. The van der Waals surface area contributed by atoms with Crippen molar-refractivity contribution in [2.45, 2.75) is 69.9 Å². The maximum absolute atomic E-state index is 15.0. The molecular weight excluding hydrogens is 540 g/mol. The summed E-state index contributed by atoms with van der Waals surface area (Å²) in [5, 5.41) is 0. The van der Waals surface area contributed by atoms with E-state index in [9.17, 15) is 35.9 Å². The molecule has 2 N–H and O–H groups in total. The van der Waals surface area contributed by atoms with Gasteiger partial charge in [0.15, 0.2) is 0 Å². The van der Waals surface area contributed by atoms with E-state index in [2.05, 4.69) is 0 Å². The molecule has 0 aromatic heterocycles. The minimum atomic E-state index is -5.11. The van der Waals surface area contributed by atoms with Crippen molar-refractivity contribution < 1.29 is 40.7 Å². The highest BCUT2D eigenvalue weighted by atomic mass is 19.4. The van der Waals surface area contributed by atoms with Crippen LogP contribution in [0.2, 0.25) is 0 Å². The summed E-state index contributed by atoms with van der Waals surface area (Å²) in [6, 6.07) is 7.15. The maximum atomic E-state index is 15.0. The monoisotopic (exact) mass is 573 g/mol. The smallest absolute Gasteiger partial charge is 0.416 e. The lowest BCUT2D eigenvalue weighted by Gasteiger charge is -2.50. The first-order valence-electron chi connectivity index (χ1n) is 13.0. The van der Waals surface area contributed by atoms with E-state index in [-0.39, 0.29) is 45.1 Å². The summed E-state index contributed by atoms with van der Waals surface area (Å²) in [5.74, 6) is -1.32. The van der Waals surface area contributed by atoms with Crippen LogP contribution in [0.3, 0.4) is 0 Å². The Morgan fingerprint density at radius 2 is 1.48 bits per heavy atom. The molecule has 1 heterocycles. The van der Waals surface area contributed by atoms with Gasteiger partial charge in [-0.15, -0.1) is 0 Å². The topological polar surface area (TPSA) is 75.9 Å². The van der Waals surface area contributed by atoms with Gasteiger partial charge in [0.05, 0.1) is 11.0 Å². The Kier molecular flexibility index (Phi) is 7.57. The van der Waals surface area contributed by atoms with Crippen LogP contribution in [0.5, 0.6) is 0 Å². The Bertz CT molecular complexity index is 1200. The molecule has 2 amide bonds. The molecule has 1 aliphatic heterocycles. The zero-order valence-electron chi connectivity index (χ0n) is 22.6. The highest BCUT2D eigenvalue weighted by Gasteiger charge is 2.61. The molecule has 2 aliphatic carbocycles. The zero-order valence-corrected chi connectivity index (χ0v) is 22.6. The molecule has 12 heteroatoms. The zero-order chi connectivity index (χ0) is 29.7. The number of primary amides is 1. The van der Waals surface area contributed by atoms with Gasteiger partial charge in [-0.05, 0) is 63.7 Å². The molecule has 0 spiro atoms. The van der Waals surface area contributed by atoms with Gasteiger partial charge >= 0.3 is 18.4 Å². The molecule has 1 aromatic rings. The van der Waals surface area contributed by atoms with Crippen LogP contribution in [0.15, 0.2) is 47.6 Å². The van der Waals surface area contributed by atoms with Gasteiger partial charge in [0.25, 0.3) is 0 Å². The van der Waals surface area contributed by atoms with E-state index in [1.165, 1.54) is 4.90 Å². The number of benzene rings is 1. The number of nitrogens with two attached hydrogens (primary N) is 1. The first kappa shape index (κ1) is 30.0. The molecule has 1 saturated heterocycles. The molecule has 1 unspecified atom stereocenters. The van der Waals surface area contributed by atoms with Crippen LogP contribution in [-0.4, -0.2) is 71.5 Å². The first-order valence-corrected chi connectivity index (χ1v) is 13.0. The van der Waals surface area contributed by atoms with Crippen molar-refractivity contribution in [3.63, 3.8) is 0 Å². The van der Waals surface area contributed by atoms with Gasteiger partial charge in [-0.25, -0.2) is 4.79 Å². The molecule has 0 saturated carbocycles. The third-order valence-electron chi connectivity index (χ3n) is 7.88. The number of rotatable bonds is 4. The van der Waals surface area contributed by atoms with Crippen LogP contribution in [0.4, 0.5) is 31.1 Å². The normalized spacial score (nSPS) is 23.8. The van der Waals surface area contributed by atoms with Crippen molar-refractivity contribution in [3.05, 3.63) is 58.7 Å². The summed E-state index contributed by atoms with van der Waals surface area (Å²) in [7, 11) is 0. The number of amides is 2. The molecule has 40 heavy (non-hydrogen) atoms. The van der Waals surface area contributed by atoms with Gasteiger partial charge in [-0.1, -0.05) is 30.3 Å². The summed E-state index contributed by atoms with van der Waals surface area (Å²) >= 11 is 0. The van der Waals surface area contributed by atoms with Crippen molar-refractivity contribution in [3.8, 4) is 0 Å². The second kappa shape index (κ2) is 10.1. The number of carbonyl (C=O) groups excluding carboxylic acids is 2. The number of piperazine rings is 1. The quantitative estimate of drug-likeness (QED) is 0.495. The van der Waals surface area contributed by atoms with Crippen LogP contribution in [0.1, 0.15) is 44.7 Å². The predicted molar refractivity (Wildman–Crippen MR) is 135 cm³/mol. The highest BCUT2D eigenvalue weighted by Crippen LogP contribution is 2.56. The van der Waals surface area contributed by atoms with Gasteiger partial charge in [-0.2, -0.15) is 26.3 Å².